The van der Waals surface area contributed by atoms with E-state index in [1.807, 2.05) is 19.9 Å². The molecule has 1 saturated heterocycles. The van der Waals surface area contributed by atoms with E-state index in [9.17, 15) is 24.0 Å². The number of Topliss-reactive ketones (excluding diaryl/α,β-unsaturated/α-hetero) is 1. The number of hydrogen-bond acceptors (Lipinski definition) is 6. The van der Waals surface area contributed by atoms with Crippen LogP contribution >= 0.6 is 11.6 Å². The van der Waals surface area contributed by atoms with Gasteiger partial charge in [-0.2, -0.15) is 5.01 Å². The van der Waals surface area contributed by atoms with Gasteiger partial charge in [-0.25, -0.2) is 9.80 Å². The van der Waals surface area contributed by atoms with E-state index in [4.69, 9.17) is 16.3 Å². The number of halogens is 1. The number of benzene rings is 3. The number of allylic oxidation sites excluding steroid dienone is 2. The lowest BCUT2D eigenvalue weighted by Crippen LogP contribution is -2.52. The fourth-order valence-corrected chi connectivity index (χ4v) is 5.15. The summed E-state index contributed by atoms with van der Waals surface area (Å²) in [4.78, 5) is 66.3. The number of rotatable bonds is 7. The van der Waals surface area contributed by atoms with Crippen LogP contribution in [0.25, 0.3) is 0 Å². The quantitative estimate of drug-likeness (QED) is 0.123. The molecule has 5 rings (SSSR count). The Morgan fingerprint density at radius 1 is 0.829 bits per heavy atom. The van der Waals surface area contributed by atoms with Crippen LogP contribution in [0.15, 0.2) is 84.4 Å². The van der Waals surface area contributed by atoms with E-state index < -0.39 is 47.9 Å². The van der Waals surface area contributed by atoms with Crippen molar-refractivity contribution in [2.24, 2.45) is 11.8 Å². The number of amides is 3. The molecular weight excluding hydrogens is 544 g/mol. The van der Waals surface area contributed by atoms with Gasteiger partial charge in [0.15, 0.2) is 5.78 Å². The molecule has 0 N–H and O–H groups in total. The highest BCUT2D eigenvalue weighted by Gasteiger charge is 2.51. The molecule has 1 aliphatic heterocycles. The predicted octanol–water partition coefficient (Wildman–Crippen LogP) is 5.45. The number of nitrogens with zero attached hydrogens (tertiary/aromatic N) is 2. The third-order valence-corrected chi connectivity index (χ3v) is 7.59. The van der Waals surface area contributed by atoms with E-state index in [1.165, 1.54) is 48.5 Å². The molecule has 0 radical (unpaired) electrons. The average Bonchev–Trinajstić information content (AvgIpc) is 3.20. The lowest BCUT2D eigenvalue weighted by atomic mass is 9.82. The van der Waals surface area contributed by atoms with Crippen LogP contribution in [0.3, 0.4) is 0 Å². The van der Waals surface area contributed by atoms with Crippen molar-refractivity contribution in [3.63, 3.8) is 0 Å². The molecule has 41 heavy (non-hydrogen) atoms. The number of ether oxygens (including phenoxy) is 1. The second-order valence-corrected chi connectivity index (χ2v) is 10.7. The first kappa shape index (κ1) is 28.0. The largest absolute Gasteiger partial charge is 0.423 e. The zero-order chi connectivity index (χ0) is 29.3. The number of hydrazine groups is 1. The summed E-state index contributed by atoms with van der Waals surface area (Å²) in [5.41, 5.74) is 2.78. The highest BCUT2D eigenvalue weighted by atomic mass is 35.5. The molecule has 9 heteroatoms. The van der Waals surface area contributed by atoms with Crippen LogP contribution in [0.2, 0.25) is 5.02 Å². The maximum Gasteiger partial charge on any atom is 0.343 e. The predicted molar refractivity (Wildman–Crippen MR) is 151 cm³/mol. The minimum absolute atomic E-state index is 0.172. The van der Waals surface area contributed by atoms with Gasteiger partial charge in [-0.1, -0.05) is 40.9 Å². The first-order valence-electron chi connectivity index (χ1n) is 13.2. The molecule has 208 valence electrons. The van der Waals surface area contributed by atoms with Gasteiger partial charge in [0.1, 0.15) is 12.3 Å². The van der Waals surface area contributed by atoms with Crippen LogP contribution in [0.5, 0.6) is 5.75 Å². The molecule has 0 aromatic heterocycles. The first-order chi connectivity index (χ1) is 19.6. The number of hydrogen-bond donors (Lipinski definition) is 0. The number of carbonyl (C=O) groups is 5. The second kappa shape index (κ2) is 11.5. The van der Waals surface area contributed by atoms with Gasteiger partial charge in [0.05, 0.1) is 17.4 Å². The summed E-state index contributed by atoms with van der Waals surface area (Å²) in [6.45, 7) is 3.27. The minimum Gasteiger partial charge on any atom is -0.423 e. The summed E-state index contributed by atoms with van der Waals surface area (Å²) in [5.74, 6) is -3.65. The van der Waals surface area contributed by atoms with Crippen molar-refractivity contribution in [3.8, 4) is 5.75 Å². The van der Waals surface area contributed by atoms with E-state index in [0.717, 1.165) is 21.2 Å². The Bertz CT molecular complexity index is 1560. The van der Waals surface area contributed by atoms with Crippen LogP contribution in [-0.2, 0) is 9.59 Å². The average molecular weight is 571 g/mol. The lowest BCUT2D eigenvalue weighted by Gasteiger charge is -2.30. The molecule has 2 aliphatic rings. The first-order valence-corrected chi connectivity index (χ1v) is 13.5. The fraction of sp³-hybridized carbons (Fsp3) is 0.219. The van der Waals surface area contributed by atoms with Gasteiger partial charge in [0, 0.05) is 16.1 Å². The SMILES string of the molecule is CC1=CC[C@@H]2C(=O)N(N(CC(=O)c3ccc(OC(=O)c4ccc(C)cc4)cc3)C(=O)c3ccc(Cl)cc3)C(=O)[C@@H]2C1. The van der Waals surface area contributed by atoms with E-state index >= 15 is 0 Å². The van der Waals surface area contributed by atoms with E-state index in [1.54, 1.807) is 24.3 Å². The number of aryl methyl sites for hydroxylation is 1. The van der Waals surface area contributed by atoms with Gasteiger partial charge in [-0.15, -0.1) is 0 Å². The Morgan fingerprint density at radius 2 is 1.41 bits per heavy atom. The molecule has 2 atom stereocenters. The van der Waals surface area contributed by atoms with E-state index in [0.29, 0.717) is 23.4 Å². The number of fused-ring (bicyclic) bond motifs is 1. The third-order valence-electron chi connectivity index (χ3n) is 7.33. The molecule has 3 amide bonds. The Hall–Kier alpha value is -4.56. The number of carbonyl (C=O) groups excluding carboxylic acids is 5. The van der Waals surface area contributed by atoms with Gasteiger partial charge in [-0.3, -0.25) is 19.2 Å². The van der Waals surface area contributed by atoms with Gasteiger partial charge < -0.3 is 4.74 Å². The third kappa shape index (κ3) is 5.83. The molecular formula is C32H27ClN2O6. The molecule has 0 spiro atoms. The fourth-order valence-electron chi connectivity index (χ4n) is 5.02. The lowest BCUT2D eigenvalue weighted by molar-refractivity contribution is -0.154. The van der Waals surface area contributed by atoms with Crippen LogP contribution < -0.4 is 4.74 Å². The topological polar surface area (TPSA) is 101 Å². The number of imide groups is 1. The number of ketones is 1. The maximum absolute atomic E-state index is 13.6. The summed E-state index contributed by atoms with van der Waals surface area (Å²) in [6, 6.07) is 18.8. The number of esters is 1. The Kier molecular flexibility index (Phi) is 7.85. The van der Waals surface area contributed by atoms with Crippen LogP contribution in [0.1, 0.15) is 56.4 Å². The van der Waals surface area contributed by atoms with Crippen molar-refractivity contribution in [3.05, 3.63) is 112 Å². The molecule has 0 bridgehead atoms. The monoisotopic (exact) mass is 570 g/mol. The van der Waals surface area contributed by atoms with Gasteiger partial charge in [-0.05, 0) is 87.4 Å². The normalized spacial score (nSPS) is 18.0. The molecule has 8 nitrogen and oxygen atoms in total. The van der Waals surface area contributed by atoms with Crippen molar-refractivity contribution < 1.29 is 28.7 Å². The minimum atomic E-state index is -0.677. The molecule has 3 aromatic carbocycles. The summed E-state index contributed by atoms with van der Waals surface area (Å²) in [6.07, 6.45) is 2.75. The van der Waals surface area contributed by atoms with Crippen LogP contribution in [0.4, 0.5) is 0 Å². The van der Waals surface area contributed by atoms with E-state index in [-0.39, 0.29) is 16.9 Å². The van der Waals surface area contributed by atoms with Crippen molar-refractivity contribution >= 4 is 41.1 Å². The summed E-state index contributed by atoms with van der Waals surface area (Å²) >= 11 is 5.98. The molecule has 0 unspecified atom stereocenters. The highest BCUT2D eigenvalue weighted by molar-refractivity contribution is 6.30. The van der Waals surface area contributed by atoms with Crippen molar-refractivity contribution in [2.75, 3.05) is 6.54 Å². The van der Waals surface area contributed by atoms with Gasteiger partial charge in [0.2, 0.25) is 0 Å². The summed E-state index contributed by atoms with van der Waals surface area (Å²) in [7, 11) is 0. The summed E-state index contributed by atoms with van der Waals surface area (Å²) < 4.78 is 5.41. The van der Waals surface area contributed by atoms with Gasteiger partial charge >= 0.3 is 5.97 Å². The van der Waals surface area contributed by atoms with E-state index in [2.05, 4.69) is 0 Å². The van der Waals surface area contributed by atoms with Crippen molar-refractivity contribution in [2.45, 2.75) is 26.7 Å². The van der Waals surface area contributed by atoms with Crippen LogP contribution in [0, 0.1) is 18.8 Å². The highest BCUT2D eigenvalue weighted by Crippen LogP contribution is 2.38. The van der Waals surface area contributed by atoms with Crippen molar-refractivity contribution in [1.82, 2.24) is 10.0 Å². The smallest absolute Gasteiger partial charge is 0.343 e. The molecule has 3 aromatic rings. The summed E-state index contributed by atoms with van der Waals surface area (Å²) in [5, 5.41) is 2.18. The zero-order valence-electron chi connectivity index (χ0n) is 22.5. The molecule has 1 fully saturated rings. The van der Waals surface area contributed by atoms with Crippen molar-refractivity contribution in [1.29, 1.82) is 0 Å². The standard InChI is InChI=1S/C32H27ClN2O6/c1-19-3-6-23(7-4-19)32(40)41-25-14-10-21(11-15-25)28(36)18-34(29(37)22-8-12-24(33)13-9-22)35-30(38)26-16-5-20(2)17-27(26)31(35)39/h3-15,26-27H,16-18H2,1-2H3/t26-,27+/m0/s1. The molecule has 1 aliphatic carbocycles. The zero-order valence-corrected chi connectivity index (χ0v) is 23.3. The second-order valence-electron chi connectivity index (χ2n) is 10.3. The molecule has 1 heterocycles. The maximum atomic E-state index is 13.6. The Morgan fingerprint density at radius 3 is 2.07 bits per heavy atom. The Labute approximate surface area is 242 Å². The molecule has 0 saturated carbocycles. The van der Waals surface area contributed by atoms with Crippen LogP contribution in [-0.4, -0.2) is 46.0 Å². The Balaban J connectivity index is 1.37. The van der Waals surface area contributed by atoms with Gasteiger partial charge in [0.25, 0.3) is 17.7 Å².